The molecule has 0 saturated carbocycles. The third kappa shape index (κ3) is 6.38. The molecule has 1 unspecified atom stereocenters. The zero-order valence-electron chi connectivity index (χ0n) is 11.7. The highest BCUT2D eigenvalue weighted by Gasteiger charge is 2.18. The van der Waals surface area contributed by atoms with E-state index in [-0.39, 0.29) is 5.91 Å². The van der Waals surface area contributed by atoms with Crippen LogP contribution in [0.4, 0.5) is 0 Å². The van der Waals surface area contributed by atoms with Crippen molar-refractivity contribution in [2.75, 3.05) is 5.75 Å². The number of carbonyl (C=O) groups is 2. The van der Waals surface area contributed by atoms with E-state index in [1.807, 2.05) is 19.2 Å². The molecule has 1 amide bonds. The molecule has 0 fully saturated rings. The van der Waals surface area contributed by atoms with E-state index in [0.29, 0.717) is 18.6 Å². The maximum Gasteiger partial charge on any atom is 0.326 e. The first-order chi connectivity index (χ1) is 9.52. The molecule has 0 aliphatic rings. The Hall–Kier alpha value is -1.08. The number of amides is 1. The van der Waals surface area contributed by atoms with E-state index in [1.54, 1.807) is 23.1 Å². The standard InChI is InChI=1S/C13H20N2O3S2/c1-3-4-11(13(17)18)15-12(16)5-6-19-7-10-8-20-9(2)14-10/h8,11H,3-7H2,1-2H3,(H,15,16)(H,17,18). The molecular formula is C13H20N2O3S2. The molecule has 20 heavy (non-hydrogen) atoms. The van der Waals surface area contributed by atoms with Crippen LogP contribution in [0.25, 0.3) is 0 Å². The van der Waals surface area contributed by atoms with Crippen LogP contribution in [0.2, 0.25) is 0 Å². The predicted octanol–water partition coefficient (Wildman–Crippen LogP) is 2.44. The molecule has 0 saturated heterocycles. The first-order valence-electron chi connectivity index (χ1n) is 6.53. The minimum Gasteiger partial charge on any atom is -0.480 e. The van der Waals surface area contributed by atoms with Gasteiger partial charge in [0.05, 0.1) is 10.7 Å². The van der Waals surface area contributed by atoms with Gasteiger partial charge < -0.3 is 10.4 Å². The lowest BCUT2D eigenvalue weighted by Crippen LogP contribution is -2.40. The Kier molecular flexibility index (Phi) is 7.61. The molecule has 1 atom stereocenters. The van der Waals surface area contributed by atoms with Crippen molar-refractivity contribution < 1.29 is 14.7 Å². The molecule has 1 aromatic heterocycles. The zero-order chi connectivity index (χ0) is 15.0. The van der Waals surface area contributed by atoms with Crippen LogP contribution in [0, 0.1) is 6.92 Å². The number of aliphatic carboxylic acids is 1. The van der Waals surface area contributed by atoms with Gasteiger partial charge in [-0.15, -0.1) is 11.3 Å². The van der Waals surface area contributed by atoms with E-state index in [0.717, 1.165) is 22.9 Å². The number of carboxylic acids is 1. The first kappa shape index (κ1) is 17.0. The molecular weight excluding hydrogens is 296 g/mol. The van der Waals surface area contributed by atoms with E-state index in [2.05, 4.69) is 10.3 Å². The highest BCUT2D eigenvalue weighted by atomic mass is 32.2. The van der Waals surface area contributed by atoms with Gasteiger partial charge in [-0.1, -0.05) is 13.3 Å². The Morgan fingerprint density at radius 3 is 2.85 bits per heavy atom. The second kappa shape index (κ2) is 8.97. The van der Waals surface area contributed by atoms with Gasteiger partial charge in [-0.2, -0.15) is 11.8 Å². The van der Waals surface area contributed by atoms with Crippen LogP contribution < -0.4 is 5.32 Å². The maximum absolute atomic E-state index is 11.6. The van der Waals surface area contributed by atoms with Crippen molar-refractivity contribution in [1.29, 1.82) is 0 Å². The van der Waals surface area contributed by atoms with Gasteiger partial charge in [-0.05, 0) is 13.3 Å². The van der Waals surface area contributed by atoms with Crippen molar-refractivity contribution in [2.24, 2.45) is 0 Å². The molecule has 1 heterocycles. The molecule has 0 bridgehead atoms. The summed E-state index contributed by atoms with van der Waals surface area (Å²) in [4.78, 5) is 26.9. The average Bonchev–Trinajstić information content (AvgIpc) is 2.80. The van der Waals surface area contributed by atoms with E-state index in [4.69, 9.17) is 5.11 Å². The number of aryl methyl sites for hydroxylation is 1. The third-order valence-corrected chi connectivity index (χ3v) is 4.42. The van der Waals surface area contributed by atoms with Crippen LogP contribution in [-0.4, -0.2) is 33.8 Å². The normalized spacial score (nSPS) is 12.1. The molecule has 0 aliphatic heterocycles. The molecule has 2 N–H and O–H groups in total. The van der Waals surface area contributed by atoms with Crippen LogP contribution in [0.5, 0.6) is 0 Å². The smallest absolute Gasteiger partial charge is 0.326 e. The molecule has 1 rings (SSSR count). The lowest BCUT2D eigenvalue weighted by molar-refractivity contribution is -0.142. The number of thiazole rings is 1. The second-order valence-corrected chi connectivity index (χ2v) is 6.57. The van der Waals surface area contributed by atoms with Crippen molar-refractivity contribution in [3.8, 4) is 0 Å². The number of carboxylic acid groups (broad SMARTS) is 1. The summed E-state index contributed by atoms with van der Waals surface area (Å²) in [7, 11) is 0. The Balaban J connectivity index is 2.20. The fourth-order valence-electron chi connectivity index (χ4n) is 1.63. The number of aromatic nitrogens is 1. The number of thioether (sulfide) groups is 1. The summed E-state index contributed by atoms with van der Waals surface area (Å²) >= 11 is 3.25. The highest BCUT2D eigenvalue weighted by molar-refractivity contribution is 7.98. The van der Waals surface area contributed by atoms with Gasteiger partial charge in [0, 0.05) is 23.3 Å². The lowest BCUT2D eigenvalue weighted by Gasteiger charge is -2.13. The van der Waals surface area contributed by atoms with Gasteiger partial charge in [0.15, 0.2) is 0 Å². The van der Waals surface area contributed by atoms with Gasteiger partial charge in [0.25, 0.3) is 0 Å². The molecule has 112 valence electrons. The molecule has 0 aliphatic carbocycles. The Morgan fingerprint density at radius 2 is 2.30 bits per heavy atom. The Labute approximate surface area is 127 Å². The van der Waals surface area contributed by atoms with E-state index < -0.39 is 12.0 Å². The van der Waals surface area contributed by atoms with Crippen LogP contribution in [-0.2, 0) is 15.3 Å². The zero-order valence-corrected chi connectivity index (χ0v) is 13.4. The minimum atomic E-state index is -0.967. The van der Waals surface area contributed by atoms with Gasteiger partial charge in [-0.3, -0.25) is 4.79 Å². The quantitative estimate of drug-likeness (QED) is 0.684. The van der Waals surface area contributed by atoms with Gasteiger partial charge >= 0.3 is 5.97 Å². The predicted molar refractivity (Wildman–Crippen MR) is 82.1 cm³/mol. The van der Waals surface area contributed by atoms with Crippen molar-refractivity contribution in [3.63, 3.8) is 0 Å². The summed E-state index contributed by atoms with van der Waals surface area (Å²) in [5.41, 5.74) is 1.03. The van der Waals surface area contributed by atoms with Crippen LogP contribution in [0.3, 0.4) is 0 Å². The van der Waals surface area contributed by atoms with Crippen molar-refractivity contribution in [1.82, 2.24) is 10.3 Å². The summed E-state index contributed by atoms with van der Waals surface area (Å²) in [6.07, 6.45) is 1.53. The number of hydrogen-bond donors (Lipinski definition) is 2. The minimum absolute atomic E-state index is 0.201. The second-order valence-electron chi connectivity index (χ2n) is 4.41. The van der Waals surface area contributed by atoms with Gasteiger partial charge in [0.1, 0.15) is 6.04 Å². The Morgan fingerprint density at radius 1 is 1.55 bits per heavy atom. The highest BCUT2D eigenvalue weighted by Crippen LogP contribution is 2.15. The van der Waals surface area contributed by atoms with Crippen LogP contribution in [0.1, 0.15) is 36.9 Å². The van der Waals surface area contributed by atoms with E-state index in [1.165, 1.54) is 0 Å². The third-order valence-electron chi connectivity index (χ3n) is 2.60. The lowest BCUT2D eigenvalue weighted by atomic mass is 10.1. The monoisotopic (exact) mass is 316 g/mol. The van der Waals surface area contributed by atoms with Crippen LogP contribution >= 0.6 is 23.1 Å². The van der Waals surface area contributed by atoms with Gasteiger partial charge in [-0.25, -0.2) is 9.78 Å². The summed E-state index contributed by atoms with van der Waals surface area (Å²) in [6.45, 7) is 3.86. The van der Waals surface area contributed by atoms with Crippen LogP contribution in [0.15, 0.2) is 5.38 Å². The number of rotatable bonds is 9. The Bertz CT molecular complexity index is 449. The number of carbonyl (C=O) groups excluding carboxylic acids is 1. The number of nitrogens with one attached hydrogen (secondary N) is 1. The molecule has 0 aromatic carbocycles. The SMILES string of the molecule is CCCC(NC(=O)CCSCc1csc(C)n1)C(=O)O. The summed E-state index contributed by atoms with van der Waals surface area (Å²) < 4.78 is 0. The summed E-state index contributed by atoms with van der Waals surface area (Å²) in [6, 6.07) is -0.765. The maximum atomic E-state index is 11.6. The number of nitrogens with zero attached hydrogens (tertiary/aromatic N) is 1. The average molecular weight is 316 g/mol. The van der Waals surface area contributed by atoms with Crippen molar-refractivity contribution in [3.05, 3.63) is 16.1 Å². The summed E-state index contributed by atoms with van der Waals surface area (Å²) in [5.74, 6) is 0.286. The topological polar surface area (TPSA) is 79.3 Å². The van der Waals surface area contributed by atoms with Crippen molar-refractivity contribution >= 4 is 35.0 Å². The fraction of sp³-hybridized carbons (Fsp3) is 0.615. The summed E-state index contributed by atoms with van der Waals surface area (Å²) in [5, 5.41) is 14.6. The van der Waals surface area contributed by atoms with E-state index in [9.17, 15) is 9.59 Å². The van der Waals surface area contributed by atoms with Crippen molar-refractivity contribution in [2.45, 2.75) is 44.9 Å². The molecule has 5 nitrogen and oxygen atoms in total. The van der Waals surface area contributed by atoms with Gasteiger partial charge in [0.2, 0.25) is 5.91 Å². The largest absolute Gasteiger partial charge is 0.480 e. The first-order valence-corrected chi connectivity index (χ1v) is 8.57. The molecule has 0 spiro atoms. The molecule has 0 radical (unpaired) electrons. The molecule has 7 heteroatoms. The fourth-order valence-corrected chi connectivity index (χ4v) is 3.18. The number of hydrogen-bond acceptors (Lipinski definition) is 5. The van der Waals surface area contributed by atoms with E-state index >= 15 is 0 Å². The molecule has 1 aromatic rings.